The molecule has 1 N–H and O–H groups in total. The van der Waals surface area contributed by atoms with E-state index in [4.69, 9.17) is 0 Å². The minimum atomic E-state index is 0.577. The van der Waals surface area contributed by atoms with Crippen molar-refractivity contribution in [2.45, 2.75) is 45.1 Å². The molecule has 16 heavy (non-hydrogen) atoms. The first-order valence-corrected chi connectivity index (χ1v) is 6.45. The number of hydrogen-bond donors (Lipinski definition) is 1. The molecule has 0 amide bonds. The van der Waals surface area contributed by atoms with Crippen LogP contribution < -0.4 is 5.32 Å². The number of hydrogen-bond acceptors (Lipinski definition) is 3. The van der Waals surface area contributed by atoms with Crippen LogP contribution >= 0.6 is 0 Å². The highest BCUT2D eigenvalue weighted by molar-refractivity contribution is 5.04. The molecule has 0 bridgehead atoms. The first kappa shape index (κ1) is 10.3. The largest absolute Gasteiger partial charge is 0.316 e. The Hall–Kier alpha value is -0.900. The summed E-state index contributed by atoms with van der Waals surface area (Å²) in [4.78, 5) is 0. The number of rotatable bonds is 3. The van der Waals surface area contributed by atoms with E-state index < -0.39 is 0 Å². The summed E-state index contributed by atoms with van der Waals surface area (Å²) in [5.74, 6) is 3.78. The molecule has 88 valence electrons. The molecule has 1 aliphatic carbocycles. The van der Waals surface area contributed by atoms with Gasteiger partial charge in [-0.3, -0.25) is 0 Å². The SMILES string of the molecule is Cc1nnc(C2CCCNC2)n1CC1CC1. The summed E-state index contributed by atoms with van der Waals surface area (Å²) in [5, 5.41) is 12.1. The van der Waals surface area contributed by atoms with Crippen LogP contribution in [0.15, 0.2) is 0 Å². The van der Waals surface area contributed by atoms with Crippen LogP contribution in [0.1, 0.15) is 43.3 Å². The predicted octanol–water partition coefficient (Wildman–Crippen LogP) is 1.46. The summed E-state index contributed by atoms with van der Waals surface area (Å²) >= 11 is 0. The maximum Gasteiger partial charge on any atom is 0.137 e. The van der Waals surface area contributed by atoms with Gasteiger partial charge < -0.3 is 9.88 Å². The highest BCUT2D eigenvalue weighted by atomic mass is 15.3. The van der Waals surface area contributed by atoms with Gasteiger partial charge in [-0.1, -0.05) is 0 Å². The van der Waals surface area contributed by atoms with E-state index in [1.54, 1.807) is 0 Å². The van der Waals surface area contributed by atoms with E-state index in [1.165, 1.54) is 31.5 Å². The second-order valence-corrected chi connectivity index (χ2v) is 5.20. The van der Waals surface area contributed by atoms with Crippen molar-refractivity contribution in [1.82, 2.24) is 20.1 Å². The van der Waals surface area contributed by atoms with Crippen LogP contribution in [0, 0.1) is 12.8 Å². The fraction of sp³-hybridized carbons (Fsp3) is 0.833. The number of aromatic nitrogens is 3. The lowest BCUT2D eigenvalue weighted by molar-refractivity contribution is 0.426. The quantitative estimate of drug-likeness (QED) is 0.838. The van der Waals surface area contributed by atoms with Gasteiger partial charge in [0.15, 0.2) is 0 Å². The van der Waals surface area contributed by atoms with Crippen molar-refractivity contribution in [3.05, 3.63) is 11.6 Å². The lowest BCUT2D eigenvalue weighted by atomic mass is 9.99. The second-order valence-electron chi connectivity index (χ2n) is 5.20. The Kier molecular flexibility index (Phi) is 2.67. The van der Waals surface area contributed by atoms with Gasteiger partial charge in [-0.25, -0.2) is 0 Å². The van der Waals surface area contributed by atoms with Gasteiger partial charge in [0.1, 0.15) is 11.6 Å². The van der Waals surface area contributed by atoms with Gasteiger partial charge in [0.05, 0.1) is 0 Å². The molecule has 0 spiro atoms. The zero-order chi connectivity index (χ0) is 11.0. The Morgan fingerprint density at radius 1 is 1.31 bits per heavy atom. The summed E-state index contributed by atoms with van der Waals surface area (Å²) in [7, 11) is 0. The molecule has 4 nitrogen and oxygen atoms in total. The van der Waals surface area contributed by atoms with E-state index in [0.717, 1.165) is 31.4 Å². The van der Waals surface area contributed by atoms with Crippen LogP contribution in [0.4, 0.5) is 0 Å². The maximum absolute atomic E-state index is 4.39. The Bertz CT molecular complexity index is 361. The molecule has 1 saturated carbocycles. The Balaban J connectivity index is 1.80. The fourth-order valence-corrected chi connectivity index (χ4v) is 2.56. The normalized spacial score (nSPS) is 25.9. The van der Waals surface area contributed by atoms with Crippen molar-refractivity contribution in [1.29, 1.82) is 0 Å². The van der Waals surface area contributed by atoms with E-state index in [-0.39, 0.29) is 0 Å². The Morgan fingerprint density at radius 2 is 2.19 bits per heavy atom. The first-order valence-electron chi connectivity index (χ1n) is 6.45. The maximum atomic E-state index is 4.39. The molecular weight excluding hydrogens is 200 g/mol. The molecule has 1 unspecified atom stereocenters. The third kappa shape index (κ3) is 1.98. The molecule has 0 radical (unpaired) electrons. The highest BCUT2D eigenvalue weighted by Gasteiger charge is 2.27. The molecule has 2 fully saturated rings. The Morgan fingerprint density at radius 3 is 2.88 bits per heavy atom. The molecule has 1 saturated heterocycles. The topological polar surface area (TPSA) is 42.7 Å². The predicted molar refractivity (Wildman–Crippen MR) is 62.3 cm³/mol. The second kappa shape index (κ2) is 4.17. The molecule has 0 aromatic carbocycles. The van der Waals surface area contributed by atoms with Crippen molar-refractivity contribution in [2.24, 2.45) is 5.92 Å². The molecule has 1 aliphatic heterocycles. The number of aryl methyl sites for hydroxylation is 1. The third-order valence-corrected chi connectivity index (χ3v) is 3.76. The molecule has 2 heterocycles. The summed E-state index contributed by atoms with van der Waals surface area (Å²) in [5.41, 5.74) is 0. The molecule has 1 atom stereocenters. The lowest BCUT2D eigenvalue weighted by Gasteiger charge is -2.22. The zero-order valence-electron chi connectivity index (χ0n) is 9.95. The van der Waals surface area contributed by atoms with Gasteiger partial charge >= 0.3 is 0 Å². The fourth-order valence-electron chi connectivity index (χ4n) is 2.56. The standard InChI is InChI=1S/C12H20N4/c1-9-14-15-12(11-3-2-6-13-7-11)16(9)8-10-4-5-10/h10-11,13H,2-8H2,1H3. The minimum Gasteiger partial charge on any atom is -0.316 e. The van der Waals surface area contributed by atoms with Crippen LogP contribution in [0.3, 0.4) is 0 Å². The molecular formula is C12H20N4. The van der Waals surface area contributed by atoms with Crippen LogP contribution in [-0.4, -0.2) is 27.9 Å². The van der Waals surface area contributed by atoms with E-state index in [0.29, 0.717) is 5.92 Å². The van der Waals surface area contributed by atoms with Gasteiger partial charge in [-0.15, -0.1) is 10.2 Å². The van der Waals surface area contributed by atoms with Gasteiger partial charge in [0.25, 0.3) is 0 Å². The summed E-state index contributed by atoms with van der Waals surface area (Å²) in [6.45, 7) is 5.45. The van der Waals surface area contributed by atoms with Crippen LogP contribution in [-0.2, 0) is 6.54 Å². The molecule has 1 aromatic rings. The van der Waals surface area contributed by atoms with Crippen LogP contribution in [0.25, 0.3) is 0 Å². The van der Waals surface area contributed by atoms with Gasteiger partial charge in [-0.2, -0.15) is 0 Å². The molecule has 3 rings (SSSR count). The smallest absolute Gasteiger partial charge is 0.137 e. The molecule has 4 heteroatoms. The number of piperidine rings is 1. The van der Waals surface area contributed by atoms with E-state index >= 15 is 0 Å². The number of nitrogens with one attached hydrogen (secondary N) is 1. The van der Waals surface area contributed by atoms with Gasteiger partial charge in [-0.05, 0) is 45.1 Å². The van der Waals surface area contributed by atoms with E-state index in [1.807, 2.05) is 0 Å². The van der Waals surface area contributed by atoms with Crippen LogP contribution in [0.2, 0.25) is 0 Å². The van der Waals surface area contributed by atoms with Crippen LogP contribution in [0.5, 0.6) is 0 Å². The van der Waals surface area contributed by atoms with E-state index in [2.05, 4.69) is 27.0 Å². The highest BCUT2D eigenvalue weighted by Crippen LogP contribution is 2.32. The lowest BCUT2D eigenvalue weighted by Crippen LogP contribution is -2.30. The monoisotopic (exact) mass is 220 g/mol. The van der Waals surface area contributed by atoms with Gasteiger partial charge in [0.2, 0.25) is 0 Å². The zero-order valence-corrected chi connectivity index (χ0v) is 9.95. The minimum absolute atomic E-state index is 0.577. The third-order valence-electron chi connectivity index (χ3n) is 3.76. The summed E-state index contributed by atoms with van der Waals surface area (Å²) in [6.07, 6.45) is 5.30. The molecule has 2 aliphatic rings. The first-order chi connectivity index (χ1) is 7.84. The van der Waals surface area contributed by atoms with Crippen molar-refractivity contribution in [2.75, 3.05) is 13.1 Å². The van der Waals surface area contributed by atoms with Crippen molar-refractivity contribution in [3.8, 4) is 0 Å². The summed E-state index contributed by atoms with van der Waals surface area (Å²) in [6, 6.07) is 0. The van der Waals surface area contributed by atoms with Gasteiger partial charge in [0, 0.05) is 19.0 Å². The average molecular weight is 220 g/mol. The van der Waals surface area contributed by atoms with E-state index in [9.17, 15) is 0 Å². The van der Waals surface area contributed by atoms with Crippen molar-refractivity contribution in [3.63, 3.8) is 0 Å². The Labute approximate surface area is 96.4 Å². The average Bonchev–Trinajstić information content (AvgIpc) is 3.06. The number of nitrogens with zero attached hydrogens (tertiary/aromatic N) is 3. The van der Waals surface area contributed by atoms with Crippen molar-refractivity contribution >= 4 is 0 Å². The van der Waals surface area contributed by atoms with Crippen molar-refractivity contribution < 1.29 is 0 Å². The molecule has 1 aromatic heterocycles. The summed E-state index contributed by atoms with van der Waals surface area (Å²) < 4.78 is 2.36.